The van der Waals surface area contributed by atoms with Crippen LogP contribution in [0.25, 0.3) is 0 Å². The maximum Gasteiger partial charge on any atom is 0.130 e. The molecule has 0 saturated carbocycles. The monoisotopic (exact) mass is 242 g/mol. The van der Waals surface area contributed by atoms with E-state index in [4.69, 9.17) is 5.73 Å². The van der Waals surface area contributed by atoms with Crippen LogP contribution >= 0.6 is 0 Å². The van der Waals surface area contributed by atoms with Crippen molar-refractivity contribution in [1.82, 2.24) is 4.90 Å². The molecule has 0 heterocycles. The van der Waals surface area contributed by atoms with Gasteiger partial charge in [0.25, 0.3) is 0 Å². The van der Waals surface area contributed by atoms with E-state index in [1.807, 2.05) is 11.9 Å². The van der Waals surface area contributed by atoms with Gasteiger partial charge in [0.05, 0.1) is 0 Å². The number of halogens is 2. The third-order valence-electron chi connectivity index (χ3n) is 3.20. The minimum absolute atomic E-state index is 0.0253. The molecule has 1 rings (SSSR count). The zero-order valence-corrected chi connectivity index (χ0v) is 10.6. The summed E-state index contributed by atoms with van der Waals surface area (Å²) < 4.78 is 27.0. The van der Waals surface area contributed by atoms with E-state index in [9.17, 15) is 8.78 Å². The molecule has 0 bridgehead atoms. The van der Waals surface area contributed by atoms with Gasteiger partial charge >= 0.3 is 0 Å². The van der Waals surface area contributed by atoms with E-state index < -0.39 is 17.7 Å². The Labute approximate surface area is 101 Å². The van der Waals surface area contributed by atoms with E-state index in [0.717, 1.165) is 6.42 Å². The van der Waals surface area contributed by atoms with Gasteiger partial charge in [-0.3, -0.25) is 0 Å². The predicted octanol–water partition coefficient (Wildman–Crippen LogP) is 2.69. The van der Waals surface area contributed by atoms with Crippen LogP contribution in [0.15, 0.2) is 18.2 Å². The van der Waals surface area contributed by atoms with Crippen LogP contribution in [0.4, 0.5) is 8.78 Å². The van der Waals surface area contributed by atoms with E-state index >= 15 is 0 Å². The quantitative estimate of drug-likeness (QED) is 0.860. The molecule has 0 aliphatic rings. The Morgan fingerprint density at radius 2 is 1.82 bits per heavy atom. The summed E-state index contributed by atoms with van der Waals surface area (Å²) in [5.41, 5.74) is 5.84. The molecule has 2 nitrogen and oxygen atoms in total. The Bertz CT molecular complexity index is 348. The van der Waals surface area contributed by atoms with Gasteiger partial charge in [-0.05, 0) is 32.5 Å². The van der Waals surface area contributed by atoms with Gasteiger partial charge in [0.15, 0.2) is 0 Å². The van der Waals surface area contributed by atoms with Crippen molar-refractivity contribution in [3.8, 4) is 0 Å². The molecule has 0 aliphatic heterocycles. The van der Waals surface area contributed by atoms with Gasteiger partial charge in [-0.15, -0.1) is 0 Å². The lowest BCUT2D eigenvalue weighted by Crippen LogP contribution is -2.35. The first-order valence-corrected chi connectivity index (χ1v) is 5.87. The molecule has 4 heteroatoms. The van der Waals surface area contributed by atoms with Crippen LogP contribution in [-0.4, -0.2) is 24.5 Å². The number of rotatable bonds is 5. The van der Waals surface area contributed by atoms with Gasteiger partial charge in [-0.2, -0.15) is 0 Å². The number of nitrogens with zero attached hydrogens (tertiary/aromatic N) is 1. The highest BCUT2D eigenvalue weighted by Crippen LogP contribution is 2.20. The average molecular weight is 242 g/mol. The molecule has 96 valence electrons. The number of nitrogens with two attached hydrogens (primary N) is 1. The summed E-state index contributed by atoms with van der Waals surface area (Å²) in [5, 5.41) is 0. The lowest BCUT2D eigenvalue weighted by molar-refractivity contribution is 0.234. The van der Waals surface area contributed by atoms with Crippen molar-refractivity contribution < 1.29 is 8.78 Å². The molecule has 0 amide bonds. The molecule has 2 unspecified atom stereocenters. The molecule has 1 aromatic carbocycles. The number of likely N-dealkylation sites (N-methyl/N-ethyl adjacent to an activating group) is 1. The van der Waals surface area contributed by atoms with Gasteiger partial charge in [-0.1, -0.05) is 13.0 Å². The average Bonchev–Trinajstić information content (AvgIpc) is 2.27. The maximum atomic E-state index is 13.5. The highest BCUT2D eigenvalue weighted by molar-refractivity contribution is 5.23. The van der Waals surface area contributed by atoms with Gasteiger partial charge in [-0.25, -0.2) is 8.78 Å². The molecule has 1 aromatic rings. The third-order valence-corrected chi connectivity index (χ3v) is 3.20. The smallest absolute Gasteiger partial charge is 0.130 e. The van der Waals surface area contributed by atoms with Crippen molar-refractivity contribution >= 4 is 0 Å². The Morgan fingerprint density at radius 1 is 1.29 bits per heavy atom. The number of hydrogen-bond acceptors (Lipinski definition) is 2. The lowest BCUT2D eigenvalue weighted by atomic mass is 10.0. The molecule has 2 atom stereocenters. The normalized spacial score (nSPS) is 15.0. The first kappa shape index (κ1) is 14.1. The molecular formula is C13H20F2N2. The summed E-state index contributed by atoms with van der Waals surface area (Å²) in [6.45, 7) is 4.56. The summed E-state index contributed by atoms with van der Waals surface area (Å²) in [6.07, 6.45) is 0.975. The second-order valence-electron chi connectivity index (χ2n) is 4.44. The summed E-state index contributed by atoms with van der Waals surface area (Å²) in [7, 11) is 1.91. The van der Waals surface area contributed by atoms with Crippen molar-refractivity contribution in [2.45, 2.75) is 32.4 Å². The van der Waals surface area contributed by atoms with Crippen LogP contribution in [-0.2, 0) is 0 Å². The van der Waals surface area contributed by atoms with Gasteiger partial charge in [0.1, 0.15) is 11.6 Å². The summed E-state index contributed by atoms with van der Waals surface area (Å²) in [6, 6.07) is 3.52. The SMILES string of the molecule is CCC(C)N(C)CC(N)c1c(F)cccc1F. The van der Waals surface area contributed by atoms with Crippen LogP contribution in [0.5, 0.6) is 0 Å². The van der Waals surface area contributed by atoms with Crippen molar-refractivity contribution in [2.75, 3.05) is 13.6 Å². The van der Waals surface area contributed by atoms with Crippen LogP contribution in [0, 0.1) is 11.6 Å². The fourth-order valence-electron chi connectivity index (χ4n) is 1.76. The second kappa shape index (κ2) is 6.07. The van der Waals surface area contributed by atoms with E-state index in [1.54, 1.807) is 0 Å². The Morgan fingerprint density at radius 3 is 2.29 bits per heavy atom. The molecule has 0 aliphatic carbocycles. The fraction of sp³-hybridized carbons (Fsp3) is 0.538. The fourth-order valence-corrected chi connectivity index (χ4v) is 1.76. The molecule has 0 radical (unpaired) electrons. The highest BCUT2D eigenvalue weighted by Gasteiger charge is 2.19. The number of hydrogen-bond donors (Lipinski definition) is 1. The Hall–Kier alpha value is -1.00. The molecule has 0 spiro atoms. The Kier molecular flexibility index (Phi) is 5.02. The zero-order chi connectivity index (χ0) is 13.0. The molecule has 0 fully saturated rings. The lowest BCUT2D eigenvalue weighted by Gasteiger charge is -2.27. The standard InChI is InChI=1S/C13H20F2N2/c1-4-9(2)17(3)8-12(16)13-10(14)6-5-7-11(13)15/h5-7,9,12H,4,8,16H2,1-3H3. The zero-order valence-electron chi connectivity index (χ0n) is 10.6. The van der Waals surface area contributed by atoms with Crippen LogP contribution in [0.2, 0.25) is 0 Å². The minimum Gasteiger partial charge on any atom is -0.323 e. The van der Waals surface area contributed by atoms with Gasteiger partial charge in [0.2, 0.25) is 0 Å². The first-order valence-electron chi connectivity index (χ1n) is 5.87. The van der Waals surface area contributed by atoms with E-state index in [0.29, 0.717) is 12.6 Å². The van der Waals surface area contributed by atoms with Crippen molar-refractivity contribution in [3.63, 3.8) is 0 Å². The maximum absolute atomic E-state index is 13.5. The van der Waals surface area contributed by atoms with Crippen molar-refractivity contribution in [3.05, 3.63) is 35.4 Å². The third kappa shape index (κ3) is 3.48. The van der Waals surface area contributed by atoms with E-state index in [-0.39, 0.29) is 5.56 Å². The highest BCUT2D eigenvalue weighted by atomic mass is 19.1. The first-order chi connectivity index (χ1) is 7.97. The van der Waals surface area contributed by atoms with Crippen LogP contribution in [0.3, 0.4) is 0 Å². The van der Waals surface area contributed by atoms with Crippen LogP contribution in [0.1, 0.15) is 31.9 Å². The summed E-state index contributed by atoms with van der Waals surface area (Å²) in [4.78, 5) is 2.01. The number of benzene rings is 1. The van der Waals surface area contributed by atoms with Gasteiger partial charge < -0.3 is 10.6 Å². The molecule has 2 N–H and O–H groups in total. The predicted molar refractivity (Wildman–Crippen MR) is 65.7 cm³/mol. The van der Waals surface area contributed by atoms with Gasteiger partial charge in [0, 0.05) is 24.2 Å². The summed E-state index contributed by atoms with van der Waals surface area (Å²) >= 11 is 0. The Balaban J connectivity index is 2.79. The second-order valence-corrected chi connectivity index (χ2v) is 4.44. The largest absolute Gasteiger partial charge is 0.323 e. The molecule has 17 heavy (non-hydrogen) atoms. The molecule has 0 aromatic heterocycles. The van der Waals surface area contributed by atoms with E-state index in [2.05, 4.69) is 13.8 Å². The van der Waals surface area contributed by atoms with Crippen LogP contribution < -0.4 is 5.73 Å². The topological polar surface area (TPSA) is 29.3 Å². The molecule has 0 saturated heterocycles. The molecular weight excluding hydrogens is 222 g/mol. The summed E-state index contributed by atoms with van der Waals surface area (Å²) in [5.74, 6) is -1.15. The van der Waals surface area contributed by atoms with E-state index in [1.165, 1.54) is 18.2 Å². The van der Waals surface area contributed by atoms with Crippen molar-refractivity contribution in [2.24, 2.45) is 5.73 Å². The van der Waals surface area contributed by atoms with Crippen molar-refractivity contribution in [1.29, 1.82) is 0 Å². The minimum atomic E-state index is -0.643.